The van der Waals surface area contributed by atoms with Gasteiger partial charge in [-0.3, -0.25) is 9.89 Å². The molecule has 3 heterocycles. The second-order valence-electron chi connectivity index (χ2n) is 7.33. The third-order valence-corrected chi connectivity index (χ3v) is 5.62. The lowest BCUT2D eigenvalue weighted by Crippen LogP contribution is -2.45. The molecule has 0 saturated carbocycles. The monoisotopic (exact) mass is 307 g/mol. The van der Waals surface area contributed by atoms with Gasteiger partial charge >= 0.3 is 0 Å². The maximum absolute atomic E-state index is 4.53. The van der Waals surface area contributed by atoms with Crippen LogP contribution in [0.25, 0.3) is 0 Å². The SMILES string of the molecule is CN=C(NCC1CCN(C)C1)N1CCC(N2CCCCC2)C1. The second kappa shape index (κ2) is 7.64. The first-order chi connectivity index (χ1) is 10.8. The topological polar surface area (TPSA) is 34.1 Å². The summed E-state index contributed by atoms with van der Waals surface area (Å²) in [6.45, 7) is 8.46. The van der Waals surface area contributed by atoms with Crippen LogP contribution in [-0.4, -0.2) is 86.6 Å². The van der Waals surface area contributed by atoms with E-state index in [1.807, 2.05) is 7.05 Å². The third kappa shape index (κ3) is 3.93. The fraction of sp³-hybridized carbons (Fsp3) is 0.941. The Morgan fingerprint density at radius 2 is 1.86 bits per heavy atom. The first kappa shape index (κ1) is 16.1. The molecule has 0 aromatic carbocycles. The lowest BCUT2D eigenvalue weighted by atomic mass is 10.1. The third-order valence-electron chi connectivity index (χ3n) is 5.62. The predicted molar refractivity (Wildman–Crippen MR) is 92.4 cm³/mol. The highest BCUT2D eigenvalue weighted by atomic mass is 15.3. The number of rotatable bonds is 3. The van der Waals surface area contributed by atoms with Gasteiger partial charge in [-0.05, 0) is 58.3 Å². The van der Waals surface area contributed by atoms with Crippen LogP contribution in [0.2, 0.25) is 0 Å². The van der Waals surface area contributed by atoms with Crippen molar-refractivity contribution in [3.63, 3.8) is 0 Å². The average Bonchev–Trinajstić information content (AvgIpc) is 3.18. The molecule has 1 N–H and O–H groups in total. The largest absolute Gasteiger partial charge is 0.356 e. The number of likely N-dealkylation sites (tertiary alicyclic amines) is 3. The predicted octanol–water partition coefficient (Wildman–Crippen LogP) is 1.07. The lowest BCUT2D eigenvalue weighted by molar-refractivity contribution is 0.168. The summed E-state index contributed by atoms with van der Waals surface area (Å²) in [5.41, 5.74) is 0. The van der Waals surface area contributed by atoms with Crippen LogP contribution >= 0.6 is 0 Å². The molecule has 22 heavy (non-hydrogen) atoms. The molecular weight excluding hydrogens is 274 g/mol. The lowest BCUT2D eigenvalue weighted by Gasteiger charge is -2.32. The summed E-state index contributed by atoms with van der Waals surface area (Å²) in [7, 11) is 4.15. The van der Waals surface area contributed by atoms with E-state index in [2.05, 4.69) is 32.1 Å². The molecule has 0 spiro atoms. The highest BCUT2D eigenvalue weighted by molar-refractivity contribution is 5.80. The van der Waals surface area contributed by atoms with Gasteiger partial charge in [0.05, 0.1) is 0 Å². The number of hydrogen-bond donors (Lipinski definition) is 1. The summed E-state index contributed by atoms with van der Waals surface area (Å²) in [4.78, 5) is 12.1. The Balaban J connectivity index is 1.45. The highest BCUT2D eigenvalue weighted by Crippen LogP contribution is 2.20. The Kier molecular flexibility index (Phi) is 5.58. The number of hydrogen-bond acceptors (Lipinski definition) is 3. The smallest absolute Gasteiger partial charge is 0.193 e. The maximum atomic E-state index is 4.53. The zero-order chi connectivity index (χ0) is 15.4. The van der Waals surface area contributed by atoms with Crippen molar-refractivity contribution in [2.75, 3.05) is 59.9 Å². The van der Waals surface area contributed by atoms with E-state index in [1.54, 1.807) is 0 Å². The van der Waals surface area contributed by atoms with Gasteiger partial charge in [0, 0.05) is 39.3 Å². The minimum Gasteiger partial charge on any atom is -0.356 e. The quantitative estimate of drug-likeness (QED) is 0.625. The molecule has 5 nitrogen and oxygen atoms in total. The molecule has 3 fully saturated rings. The molecule has 0 amide bonds. The van der Waals surface area contributed by atoms with E-state index in [-0.39, 0.29) is 0 Å². The van der Waals surface area contributed by atoms with Gasteiger partial charge in [-0.1, -0.05) is 6.42 Å². The van der Waals surface area contributed by atoms with E-state index in [0.717, 1.165) is 37.6 Å². The molecule has 0 radical (unpaired) electrons. The molecule has 126 valence electrons. The highest BCUT2D eigenvalue weighted by Gasteiger charge is 2.30. The fourth-order valence-corrected chi connectivity index (χ4v) is 4.28. The standard InChI is InChI=1S/C17H33N5/c1-18-17(19-12-15-6-10-20(2)13-15)22-11-7-16(14-22)21-8-4-3-5-9-21/h15-16H,3-14H2,1-2H3,(H,18,19). The Labute approximate surface area is 135 Å². The van der Waals surface area contributed by atoms with Gasteiger partial charge in [-0.2, -0.15) is 0 Å². The second-order valence-corrected chi connectivity index (χ2v) is 7.33. The van der Waals surface area contributed by atoms with Crippen LogP contribution in [0.4, 0.5) is 0 Å². The van der Waals surface area contributed by atoms with Gasteiger partial charge in [0.2, 0.25) is 0 Å². The van der Waals surface area contributed by atoms with Gasteiger partial charge in [-0.15, -0.1) is 0 Å². The maximum Gasteiger partial charge on any atom is 0.193 e. The van der Waals surface area contributed by atoms with Crippen molar-refractivity contribution in [1.82, 2.24) is 20.0 Å². The average molecular weight is 307 g/mol. The number of guanidine groups is 1. The molecule has 0 aliphatic carbocycles. The van der Waals surface area contributed by atoms with Crippen molar-refractivity contribution in [1.29, 1.82) is 0 Å². The molecule has 0 bridgehead atoms. The van der Waals surface area contributed by atoms with Crippen LogP contribution in [0, 0.1) is 5.92 Å². The van der Waals surface area contributed by atoms with E-state index >= 15 is 0 Å². The molecule has 3 rings (SSSR count). The zero-order valence-corrected chi connectivity index (χ0v) is 14.4. The molecule has 0 aromatic heterocycles. The van der Waals surface area contributed by atoms with Gasteiger partial charge in [0.15, 0.2) is 5.96 Å². The first-order valence-corrected chi connectivity index (χ1v) is 9.14. The van der Waals surface area contributed by atoms with E-state index in [1.165, 1.54) is 58.3 Å². The minimum atomic E-state index is 0.747. The van der Waals surface area contributed by atoms with Crippen molar-refractivity contribution >= 4 is 5.96 Å². The molecule has 3 saturated heterocycles. The molecule has 3 aliphatic rings. The van der Waals surface area contributed by atoms with Gasteiger partial charge < -0.3 is 15.1 Å². The van der Waals surface area contributed by atoms with Crippen molar-refractivity contribution in [3.8, 4) is 0 Å². The molecule has 2 unspecified atom stereocenters. The normalized spacial score (nSPS) is 31.9. The number of piperidine rings is 1. The molecule has 0 aromatic rings. The van der Waals surface area contributed by atoms with Gasteiger partial charge in [-0.25, -0.2) is 0 Å². The summed E-state index contributed by atoms with van der Waals surface area (Å²) >= 11 is 0. The van der Waals surface area contributed by atoms with Crippen LogP contribution in [0.3, 0.4) is 0 Å². The van der Waals surface area contributed by atoms with Crippen molar-refractivity contribution in [2.45, 2.75) is 38.1 Å². The van der Waals surface area contributed by atoms with Crippen molar-refractivity contribution in [2.24, 2.45) is 10.9 Å². The van der Waals surface area contributed by atoms with Crippen molar-refractivity contribution < 1.29 is 0 Å². The summed E-state index contributed by atoms with van der Waals surface area (Å²) in [5.74, 6) is 1.90. The molecular formula is C17H33N5. The Morgan fingerprint density at radius 1 is 1.05 bits per heavy atom. The van der Waals surface area contributed by atoms with E-state index in [4.69, 9.17) is 0 Å². The zero-order valence-electron chi connectivity index (χ0n) is 14.4. The van der Waals surface area contributed by atoms with Crippen LogP contribution in [0.5, 0.6) is 0 Å². The van der Waals surface area contributed by atoms with Crippen LogP contribution < -0.4 is 5.32 Å². The van der Waals surface area contributed by atoms with E-state index in [9.17, 15) is 0 Å². The van der Waals surface area contributed by atoms with E-state index < -0.39 is 0 Å². The summed E-state index contributed by atoms with van der Waals surface area (Å²) in [5, 5.41) is 3.63. The Bertz CT molecular complexity index is 377. The van der Waals surface area contributed by atoms with Crippen LogP contribution in [0.15, 0.2) is 4.99 Å². The van der Waals surface area contributed by atoms with Gasteiger partial charge in [0.25, 0.3) is 0 Å². The minimum absolute atomic E-state index is 0.747. The molecule has 2 atom stereocenters. The summed E-state index contributed by atoms with van der Waals surface area (Å²) < 4.78 is 0. The van der Waals surface area contributed by atoms with Crippen LogP contribution in [0.1, 0.15) is 32.1 Å². The first-order valence-electron chi connectivity index (χ1n) is 9.14. The molecule has 3 aliphatic heterocycles. The number of nitrogens with one attached hydrogen (secondary N) is 1. The number of aliphatic imine (C=N–C) groups is 1. The Hall–Kier alpha value is -0.810. The Morgan fingerprint density at radius 3 is 2.55 bits per heavy atom. The summed E-state index contributed by atoms with van der Waals surface area (Å²) in [6.07, 6.45) is 6.81. The molecule has 5 heteroatoms. The number of nitrogens with zero attached hydrogens (tertiary/aromatic N) is 4. The summed E-state index contributed by atoms with van der Waals surface area (Å²) in [6, 6.07) is 0.747. The van der Waals surface area contributed by atoms with E-state index in [0.29, 0.717) is 0 Å². The van der Waals surface area contributed by atoms with Gasteiger partial charge in [0.1, 0.15) is 0 Å². The fourth-order valence-electron chi connectivity index (χ4n) is 4.28. The van der Waals surface area contributed by atoms with Crippen LogP contribution in [-0.2, 0) is 0 Å². The van der Waals surface area contributed by atoms with Crippen molar-refractivity contribution in [3.05, 3.63) is 0 Å².